The molecule has 1 saturated heterocycles. The monoisotopic (exact) mass is 278 g/mol. The van der Waals surface area contributed by atoms with E-state index in [0.29, 0.717) is 13.0 Å². The molecule has 17 heavy (non-hydrogen) atoms. The van der Waals surface area contributed by atoms with Crippen LogP contribution in [0.3, 0.4) is 0 Å². The minimum absolute atomic E-state index is 0.298. The average Bonchev–Trinajstić information content (AvgIpc) is 2.67. The number of rotatable bonds is 6. The second-order valence-corrected chi connectivity index (χ2v) is 5.81. The first-order chi connectivity index (χ1) is 7.73. The molecule has 0 aromatic rings. The molecule has 1 aliphatic rings. The normalized spacial score (nSPS) is 22.3. The molecule has 1 aliphatic heterocycles. The minimum Gasteiger partial charge on any atom is -0.313 e. The number of alkyl halides is 4. The van der Waals surface area contributed by atoms with Gasteiger partial charge in [-0.3, -0.25) is 0 Å². The van der Waals surface area contributed by atoms with Gasteiger partial charge in [0.25, 0.3) is 0 Å². The molecule has 0 aromatic carbocycles. The van der Waals surface area contributed by atoms with Gasteiger partial charge in [-0.2, -0.15) is 8.78 Å². The molecule has 0 spiro atoms. The summed E-state index contributed by atoms with van der Waals surface area (Å²) in [7, 11) is -3.96. The summed E-state index contributed by atoms with van der Waals surface area (Å²) >= 11 is 0. The van der Waals surface area contributed by atoms with E-state index in [-0.39, 0.29) is 11.8 Å². The maximum Gasteiger partial charge on any atom is 0.320 e. The molecule has 1 rings (SSSR count). The summed E-state index contributed by atoms with van der Waals surface area (Å²) in [6, 6.07) is -0.298. The molecule has 0 saturated carbocycles. The van der Waals surface area contributed by atoms with Crippen LogP contribution >= 0.6 is 0 Å². The van der Waals surface area contributed by atoms with Gasteiger partial charge in [0.15, 0.2) is 0 Å². The average molecular weight is 278 g/mol. The zero-order valence-corrected chi connectivity index (χ0v) is 9.74. The Morgan fingerprint density at radius 2 is 2.06 bits per heavy atom. The van der Waals surface area contributed by atoms with Crippen molar-refractivity contribution in [2.75, 3.05) is 18.8 Å². The highest BCUT2D eigenvalue weighted by atomic mass is 32.2. The van der Waals surface area contributed by atoms with Crippen molar-refractivity contribution in [1.29, 1.82) is 0 Å². The highest BCUT2D eigenvalue weighted by molar-refractivity contribution is 7.89. The highest BCUT2D eigenvalue weighted by Gasteiger charge is 2.41. The van der Waals surface area contributed by atoms with Crippen LogP contribution in [-0.2, 0) is 10.0 Å². The fourth-order valence-corrected chi connectivity index (χ4v) is 2.85. The van der Waals surface area contributed by atoms with Crippen LogP contribution in [0.15, 0.2) is 0 Å². The Balaban J connectivity index is 2.44. The summed E-state index contributed by atoms with van der Waals surface area (Å²) in [6.45, 7) is -0.896. The maximum absolute atomic E-state index is 12.5. The molecule has 102 valence electrons. The quantitative estimate of drug-likeness (QED) is 0.698. The second kappa shape index (κ2) is 5.49. The molecule has 0 aromatic heterocycles. The van der Waals surface area contributed by atoms with Gasteiger partial charge in [-0.1, -0.05) is 0 Å². The van der Waals surface area contributed by atoms with Crippen LogP contribution in [0, 0.1) is 0 Å². The molecular formula is C8H14F4N2O2S. The van der Waals surface area contributed by atoms with Gasteiger partial charge in [0.05, 0.1) is 12.3 Å². The van der Waals surface area contributed by atoms with Crippen LogP contribution in [0.1, 0.15) is 12.8 Å². The predicted octanol–water partition coefficient (Wildman–Crippen LogP) is 0.558. The Bertz CT molecular complexity index is 341. The van der Waals surface area contributed by atoms with Gasteiger partial charge in [-0.25, -0.2) is 21.9 Å². The fraction of sp³-hybridized carbons (Fsp3) is 1.00. The first-order valence-electron chi connectivity index (χ1n) is 5.10. The molecule has 9 heteroatoms. The standard InChI is InChI=1S/C8H14F4N2O2S/c9-7(10)8(11,12)5-14-17(15,16)4-6-2-1-3-13-6/h6-7,13-14H,1-5H2. The van der Waals surface area contributed by atoms with E-state index in [0.717, 1.165) is 6.42 Å². The van der Waals surface area contributed by atoms with Gasteiger partial charge in [-0.05, 0) is 19.4 Å². The lowest BCUT2D eigenvalue weighted by molar-refractivity contribution is -0.122. The van der Waals surface area contributed by atoms with Crippen LogP contribution in [0.5, 0.6) is 0 Å². The van der Waals surface area contributed by atoms with E-state index in [1.807, 2.05) is 0 Å². The topological polar surface area (TPSA) is 58.2 Å². The van der Waals surface area contributed by atoms with Crippen molar-refractivity contribution in [3.8, 4) is 0 Å². The summed E-state index contributed by atoms with van der Waals surface area (Å²) in [5.41, 5.74) is 0. The molecule has 0 bridgehead atoms. The van der Waals surface area contributed by atoms with Crippen molar-refractivity contribution in [2.24, 2.45) is 0 Å². The zero-order valence-electron chi connectivity index (χ0n) is 8.93. The van der Waals surface area contributed by atoms with E-state index in [1.165, 1.54) is 4.72 Å². The SMILES string of the molecule is O=S(=O)(CC1CCCN1)NCC(F)(F)C(F)F. The number of nitrogens with one attached hydrogen (secondary N) is 2. The van der Waals surface area contributed by atoms with E-state index >= 15 is 0 Å². The molecule has 0 radical (unpaired) electrons. The van der Waals surface area contributed by atoms with Crippen LogP contribution in [-0.4, -0.2) is 45.6 Å². The summed E-state index contributed by atoms with van der Waals surface area (Å²) < 4.78 is 72.7. The summed E-state index contributed by atoms with van der Waals surface area (Å²) in [5.74, 6) is -4.71. The van der Waals surface area contributed by atoms with Gasteiger partial charge >= 0.3 is 12.3 Å². The Morgan fingerprint density at radius 1 is 1.41 bits per heavy atom. The van der Waals surface area contributed by atoms with Crippen molar-refractivity contribution in [1.82, 2.24) is 10.0 Å². The fourth-order valence-electron chi connectivity index (χ4n) is 1.51. The third-order valence-electron chi connectivity index (χ3n) is 2.43. The smallest absolute Gasteiger partial charge is 0.313 e. The van der Waals surface area contributed by atoms with Crippen molar-refractivity contribution in [3.05, 3.63) is 0 Å². The van der Waals surface area contributed by atoms with Gasteiger partial charge in [-0.15, -0.1) is 0 Å². The molecule has 2 N–H and O–H groups in total. The van der Waals surface area contributed by atoms with Crippen molar-refractivity contribution in [2.45, 2.75) is 31.2 Å². The van der Waals surface area contributed by atoms with Gasteiger partial charge in [0.1, 0.15) is 0 Å². The van der Waals surface area contributed by atoms with E-state index in [4.69, 9.17) is 0 Å². The molecule has 4 nitrogen and oxygen atoms in total. The number of halogens is 4. The number of hydrogen-bond donors (Lipinski definition) is 2. The Kier molecular flexibility index (Phi) is 4.73. The first kappa shape index (κ1) is 14.7. The highest BCUT2D eigenvalue weighted by Crippen LogP contribution is 2.21. The van der Waals surface area contributed by atoms with Crippen molar-refractivity contribution < 1.29 is 26.0 Å². The Hall–Kier alpha value is -0.410. The van der Waals surface area contributed by atoms with Crippen molar-refractivity contribution >= 4 is 10.0 Å². The van der Waals surface area contributed by atoms with Gasteiger partial charge in [0, 0.05) is 6.04 Å². The summed E-state index contributed by atoms with van der Waals surface area (Å²) in [6.07, 6.45) is -2.44. The number of sulfonamides is 1. The molecule has 1 fully saturated rings. The lowest BCUT2D eigenvalue weighted by Gasteiger charge is -2.17. The molecular weight excluding hydrogens is 264 g/mol. The van der Waals surface area contributed by atoms with Crippen LogP contribution in [0.4, 0.5) is 17.6 Å². The molecule has 1 atom stereocenters. The molecule has 0 amide bonds. The van der Waals surface area contributed by atoms with Gasteiger partial charge < -0.3 is 5.32 Å². The molecule has 0 aliphatic carbocycles. The Morgan fingerprint density at radius 3 is 2.53 bits per heavy atom. The first-order valence-corrected chi connectivity index (χ1v) is 6.75. The van der Waals surface area contributed by atoms with E-state index < -0.39 is 28.9 Å². The van der Waals surface area contributed by atoms with Crippen LogP contribution in [0.25, 0.3) is 0 Å². The largest absolute Gasteiger partial charge is 0.320 e. The summed E-state index contributed by atoms with van der Waals surface area (Å²) in [4.78, 5) is 0. The summed E-state index contributed by atoms with van der Waals surface area (Å²) in [5, 5.41) is 2.88. The van der Waals surface area contributed by atoms with Crippen molar-refractivity contribution in [3.63, 3.8) is 0 Å². The molecule has 1 unspecified atom stereocenters. The third-order valence-corrected chi connectivity index (χ3v) is 3.86. The van der Waals surface area contributed by atoms with E-state index in [9.17, 15) is 26.0 Å². The molecule has 1 heterocycles. The maximum atomic E-state index is 12.5. The van der Waals surface area contributed by atoms with Crippen LogP contribution < -0.4 is 10.0 Å². The predicted molar refractivity (Wildman–Crippen MR) is 53.8 cm³/mol. The van der Waals surface area contributed by atoms with Crippen LogP contribution in [0.2, 0.25) is 0 Å². The Labute approximate surface area is 96.8 Å². The minimum atomic E-state index is -4.34. The lowest BCUT2D eigenvalue weighted by atomic mass is 10.3. The number of hydrogen-bond acceptors (Lipinski definition) is 3. The second-order valence-electron chi connectivity index (χ2n) is 3.96. The zero-order chi connectivity index (χ0) is 13.1. The third kappa shape index (κ3) is 4.76. The van der Waals surface area contributed by atoms with Gasteiger partial charge in [0.2, 0.25) is 10.0 Å². The lowest BCUT2D eigenvalue weighted by Crippen LogP contribution is -2.44. The van der Waals surface area contributed by atoms with E-state index in [1.54, 1.807) is 0 Å². The van der Waals surface area contributed by atoms with E-state index in [2.05, 4.69) is 5.32 Å².